The van der Waals surface area contributed by atoms with E-state index in [4.69, 9.17) is 0 Å². The Balaban J connectivity index is 2.57. The van der Waals surface area contributed by atoms with Crippen LogP contribution in [0.4, 0.5) is 13.2 Å². The average Bonchev–Trinajstić information content (AvgIpc) is 2.46. The van der Waals surface area contributed by atoms with E-state index in [1.54, 1.807) is 13.8 Å². The second-order valence-corrected chi connectivity index (χ2v) is 4.19. The zero-order chi connectivity index (χ0) is 11.3. The van der Waals surface area contributed by atoms with Gasteiger partial charge in [0.1, 0.15) is 5.82 Å². The summed E-state index contributed by atoms with van der Waals surface area (Å²) in [5.41, 5.74) is -0.651. The number of hydrogen-bond donors (Lipinski definition) is 1. The Bertz CT molecular complexity index is 380. The molecule has 7 heteroatoms. The van der Waals surface area contributed by atoms with Gasteiger partial charge in [0.25, 0.3) is 0 Å². The minimum atomic E-state index is -4.44. The number of halogens is 3. The molecule has 0 radical (unpaired) electrons. The second kappa shape index (κ2) is 2.94. The molecule has 1 aromatic heterocycles. The Morgan fingerprint density at radius 1 is 1.33 bits per heavy atom. The van der Waals surface area contributed by atoms with E-state index in [0.717, 1.165) is 0 Å². The molecule has 0 aromatic carbocycles. The van der Waals surface area contributed by atoms with Crippen molar-refractivity contribution < 1.29 is 13.2 Å². The quantitative estimate of drug-likeness (QED) is 0.712. The molecule has 2 rings (SSSR count). The molecule has 1 aromatic rings. The van der Waals surface area contributed by atoms with Crippen molar-refractivity contribution in [3.05, 3.63) is 11.6 Å². The van der Waals surface area contributed by atoms with Crippen molar-refractivity contribution >= 4 is 0 Å². The molecular formula is C8H11F3N4. The molecule has 0 bridgehead atoms. The second-order valence-electron chi connectivity index (χ2n) is 4.19. The number of nitrogens with zero attached hydrogens (tertiary/aromatic N) is 3. The Hall–Kier alpha value is -1.11. The molecule has 0 fully saturated rings. The van der Waals surface area contributed by atoms with E-state index in [9.17, 15) is 13.2 Å². The van der Waals surface area contributed by atoms with E-state index >= 15 is 0 Å². The molecule has 0 unspecified atom stereocenters. The third-order valence-corrected chi connectivity index (χ3v) is 2.43. The summed E-state index contributed by atoms with van der Waals surface area (Å²) in [5, 5.41) is 9.77. The Morgan fingerprint density at radius 3 is 2.60 bits per heavy atom. The summed E-state index contributed by atoms with van der Waals surface area (Å²) in [6.07, 6.45) is -4.44. The summed E-state index contributed by atoms with van der Waals surface area (Å²) in [4.78, 5) is 0. The van der Waals surface area contributed by atoms with Gasteiger partial charge in [-0.1, -0.05) is 0 Å². The van der Waals surface area contributed by atoms with Crippen molar-refractivity contribution in [1.82, 2.24) is 20.1 Å². The Labute approximate surface area is 84.5 Å². The lowest BCUT2D eigenvalue weighted by Gasteiger charge is -2.33. The van der Waals surface area contributed by atoms with Crippen molar-refractivity contribution in [2.24, 2.45) is 0 Å². The van der Waals surface area contributed by atoms with E-state index in [1.807, 2.05) is 0 Å². The van der Waals surface area contributed by atoms with Crippen LogP contribution in [0.2, 0.25) is 0 Å². The van der Waals surface area contributed by atoms with E-state index in [0.29, 0.717) is 18.9 Å². The molecule has 0 spiro atoms. The maximum absolute atomic E-state index is 12.6. The highest BCUT2D eigenvalue weighted by Crippen LogP contribution is 2.33. The first-order chi connectivity index (χ1) is 6.82. The average molecular weight is 220 g/mol. The van der Waals surface area contributed by atoms with Crippen LogP contribution in [0, 0.1) is 0 Å². The molecule has 1 aliphatic heterocycles. The van der Waals surface area contributed by atoms with Crippen molar-refractivity contribution in [1.29, 1.82) is 0 Å². The highest BCUT2D eigenvalue weighted by Gasteiger charge is 2.43. The van der Waals surface area contributed by atoms with Crippen molar-refractivity contribution in [2.45, 2.75) is 32.1 Å². The standard InChI is InChI=1S/C8H11F3N4/c1-7(2)4-12-3-5-13-14-6(15(5)7)8(9,10)11/h12H,3-4H2,1-2H3. The molecule has 0 saturated heterocycles. The maximum Gasteiger partial charge on any atom is 0.451 e. The number of rotatable bonds is 0. The predicted molar refractivity (Wildman–Crippen MR) is 46.1 cm³/mol. The van der Waals surface area contributed by atoms with Crippen molar-refractivity contribution in [3.8, 4) is 0 Å². The number of nitrogens with one attached hydrogen (secondary N) is 1. The zero-order valence-corrected chi connectivity index (χ0v) is 8.39. The van der Waals surface area contributed by atoms with Gasteiger partial charge in [0.05, 0.1) is 12.1 Å². The minimum Gasteiger partial charge on any atom is -0.307 e. The van der Waals surface area contributed by atoms with Gasteiger partial charge in [0.15, 0.2) is 0 Å². The Morgan fingerprint density at radius 2 is 2.00 bits per heavy atom. The highest BCUT2D eigenvalue weighted by molar-refractivity contribution is 5.08. The van der Waals surface area contributed by atoms with E-state index < -0.39 is 17.5 Å². The lowest BCUT2D eigenvalue weighted by molar-refractivity contribution is -0.149. The van der Waals surface area contributed by atoms with Gasteiger partial charge in [-0.15, -0.1) is 10.2 Å². The summed E-state index contributed by atoms with van der Waals surface area (Å²) in [5.74, 6) is -0.581. The monoisotopic (exact) mass is 220 g/mol. The van der Waals surface area contributed by atoms with Crippen molar-refractivity contribution in [3.63, 3.8) is 0 Å². The topological polar surface area (TPSA) is 42.7 Å². The van der Waals surface area contributed by atoms with Gasteiger partial charge in [-0.25, -0.2) is 0 Å². The van der Waals surface area contributed by atoms with Crippen LogP contribution in [-0.4, -0.2) is 21.3 Å². The van der Waals surface area contributed by atoms with Crippen LogP contribution in [-0.2, 0) is 18.3 Å². The van der Waals surface area contributed by atoms with Crippen LogP contribution in [0.25, 0.3) is 0 Å². The van der Waals surface area contributed by atoms with Gasteiger partial charge < -0.3 is 5.32 Å². The van der Waals surface area contributed by atoms with Gasteiger partial charge >= 0.3 is 6.18 Å². The summed E-state index contributed by atoms with van der Waals surface area (Å²) >= 11 is 0. The largest absolute Gasteiger partial charge is 0.451 e. The first-order valence-corrected chi connectivity index (χ1v) is 4.55. The van der Waals surface area contributed by atoms with Crippen LogP contribution < -0.4 is 5.32 Å². The molecule has 0 atom stereocenters. The summed E-state index contributed by atoms with van der Waals surface area (Å²) in [6, 6.07) is 0. The van der Waals surface area contributed by atoms with Gasteiger partial charge in [-0.05, 0) is 13.8 Å². The summed E-state index contributed by atoms with van der Waals surface area (Å²) in [6.45, 7) is 4.25. The molecular weight excluding hydrogens is 209 g/mol. The van der Waals surface area contributed by atoms with Crippen molar-refractivity contribution in [2.75, 3.05) is 6.54 Å². The molecule has 0 amide bonds. The van der Waals surface area contributed by atoms with Crippen LogP contribution in [0.1, 0.15) is 25.5 Å². The smallest absolute Gasteiger partial charge is 0.307 e. The number of hydrogen-bond acceptors (Lipinski definition) is 3. The van der Waals surface area contributed by atoms with E-state index in [1.165, 1.54) is 4.57 Å². The van der Waals surface area contributed by atoms with Gasteiger partial charge in [-0.3, -0.25) is 4.57 Å². The first-order valence-electron chi connectivity index (χ1n) is 4.55. The third-order valence-electron chi connectivity index (χ3n) is 2.43. The van der Waals surface area contributed by atoms with Crippen LogP contribution >= 0.6 is 0 Å². The van der Waals surface area contributed by atoms with E-state index in [-0.39, 0.29) is 0 Å². The summed E-state index contributed by atoms with van der Waals surface area (Å²) in [7, 11) is 0. The molecule has 84 valence electrons. The first kappa shape index (κ1) is 10.4. The lowest BCUT2D eigenvalue weighted by Crippen LogP contribution is -2.46. The molecule has 1 N–H and O–H groups in total. The molecule has 0 saturated carbocycles. The maximum atomic E-state index is 12.6. The predicted octanol–water partition coefficient (Wildman–Crippen LogP) is 1.14. The highest BCUT2D eigenvalue weighted by atomic mass is 19.4. The zero-order valence-electron chi connectivity index (χ0n) is 8.39. The molecule has 1 aliphatic rings. The van der Waals surface area contributed by atoms with Gasteiger partial charge in [0, 0.05) is 6.54 Å². The fourth-order valence-corrected chi connectivity index (χ4v) is 1.81. The van der Waals surface area contributed by atoms with Gasteiger partial charge in [-0.2, -0.15) is 13.2 Å². The summed E-state index contributed by atoms with van der Waals surface area (Å²) < 4.78 is 39.0. The normalized spacial score (nSPS) is 20.1. The van der Waals surface area contributed by atoms with Crippen LogP contribution in [0.15, 0.2) is 0 Å². The van der Waals surface area contributed by atoms with Crippen LogP contribution in [0.3, 0.4) is 0 Å². The molecule has 0 aliphatic carbocycles. The number of fused-ring (bicyclic) bond motifs is 1. The van der Waals surface area contributed by atoms with Crippen LogP contribution in [0.5, 0.6) is 0 Å². The molecule has 15 heavy (non-hydrogen) atoms. The fourth-order valence-electron chi connectivity index (χ4n) is 1.81. The molecule has 2 heterocycles. The Kier molecular flexibility index (Phi) is 2.04. The minimum absolute atomic E-state index is 0.326. The lowest BCUT2D eigenvalue weighted by atomic mass is 10.0. The number of alkyl halides is 3. The number of aromatic nitrogens is 3. The SMILES string of the molecule is CC1(C)CNCc2nnc(C(F)(F)F)n21. The third kappa shape index (κ3) is 1.60. The molecule has 4 nitrogen and oxygen atoms in total. The fraction of sp³-hybridized carbons (Fsp3) is 0.750. The van der Waals surface area contributed by atoms with E-state index in [2.05, 4.69) is 15.5 Å². The van der Waals surface area contributed by atoms with Gasteiger partial charge in [0.2, 0.25) is 5.82 Å².